The first-order valence-electron chi connectivity index (χ1n) is 4.68. The van der Waals surface area contributed by atoms with Crippen LogP contribution in [0.15, 0.2) is 0 Å². The van der Waals surface area contributed by atoms with Gasteiger partial charge in [-0.3, -0.25) is 4.79 Å². The van der Waals surface area contributed by atoms with Gasteiger partial charge in [0.2, 0.25) is 0 Å². The molecule has 84 valence electrons. The van der Waals surface area contributed by atoms with E-state index in [1.807, 2.05) is 13.2 Å². The Hall–Kier alpha value is -0.260. The van der Waals surface area contributed by atoms with Crippen LogP contribution in [-0.2, 0) is 9.53 Å². The maximum absolute atomic E-state index is 11.0. The third-order valence-corrected chi connectivity index (χ3v) is 3.08. The number of thioether (sulfide) groups is 1. The van der Waals surface area contributed by atoms with Crippen molar-refractivity contribution in [2.45, 2.75) is 25.1 Å². The molecular weight excluding hydrogens is 202 g/mol. The largest absolute Gasteiger partial charge is 0.465 e. The second kappa shape index (κ2) is 8.08. The van der Waals surface area contributed by atoms with E-state index in [9.17, 15) is 4.79 Å². The maximum Gasteiger partial charge on any atom is 0.319 e. The zero-order valence-corrected chi connectivity index (χ0v) is 9.76. The van der Waals surface area contributed by atoms with Crippen LogP contribution < -0.4 is 5.32 Å². The van der Waals surface area contributed by atoms with Crippen molar-refractivity contribution in [1.29, 1.82) is 0 Å². The van der Waals surface area contributed by atoms with Gasteiger partial charge >= 0.3 is 5.97 Å². The van der Waals surface area contributed by atoms with Gasteiger partial charge in [-0.2, -0.15) is 11.8 Å². The van der Waals surface area contributed by atoms with Gasteiger partial charge in [0, 0.05) is 11.3 Å². The number of aliphatic hydroxyl groups excluding tert-OH is 1. The Balaban J connectivity index is 3.71. The lowest BCUT2D eigenvalue weighted by Crippen LogP contribution is -2.40. The van der Waals surface area contributed by atoms with E-state index < -0.39 is 0 Å². The third kappa shape index (κ3) is 5.47. The minimum absolute atomic E-state index is 0.0967. The van der Waals surface area contributed by atoms with E-state index in [-0.39, 0.29) is 30.4 Å². The van der Waals surface area contributed by atoms with E-state index >= 15 is 0 Å². The highest BCUT2D eigenvalue weighted by Gasteiger charge is 2.15. The fourth-order valence-electron chi connectivity index (χ4n) is 1.02. The predicted molar refractivity (Wildman–Crippen MR) is 58.5 cm³/mol. The Morgan fingerprint density at radius 3 is 2.71 bits per heavy atom. The molecule has 0 aromatic carbocycles. The van der Waals surface area contributed by atoms with E-state index in [1.54, 1.807) is 18.7 Å². The summed E-state index contributed by atoms with van der Waals surface area (Å²) in [6.45, 7) is 4.43. The predicted octanol–water partition coefficient (Wildman–Crippen LogP) is 0.251. The minimum atomic E-state index is -0.253. The minimum Gasteiger partial charge on any atom is -0.465 e. The zero-order valence-electron chi connectivity index (χ0n) is 8.95. The van der Waals surface area contributed by atoms with Gasteiger partial charge in [0.05, 0.1) is 19.8 Å². The number of aliphatic hydroxyl groups is 1. The summed E-state index contributed by atoms with van der Waals surface area (Å²) in [5, 5.41) is 12.1. The molecule has 0 aliphatic heterocycles. The lowest BCUT2D eigenvalue weighted by atomic mass is 10.2. The van der Waals surface area contributed by atoms with Crippen LogP contribution in [0.5, 0.6) is 0 Å². The number of rotatable bonds is 7. The number of esters is 1. The first-order valence-corrected chi connectivity index (χ1v) is 5.97. The summed E-state index contributed by atoms with van der Waals surface area (Å²) >= 11 is 1.58. The van der Waals surface area contributed by atoms with Crippen molar-refractivity contribution in [1.82, 2.24) is 5.32 Å². The Bertz CT molecular complexity index is 162. The topological polar surface area (TPSA) is 58.6 Å². The molecule has 0 saturated heterocycles. The molecule has 0 amide bonds. The highest BCUT2D eigenvalue weighted by atomic mass is 32.2. The number of nitrogens with one attached hydrogen (secondary N) is 1. The first-order chi connectivity index (χ1) is 6.65. The van der Waals surface area contributed by atoms with Crippen LogP contribution in [-0.4, -0.2) is 48.4 Å². The average Bonchev–Trinajstić information content (AvgIpc) is 2.17. The van der Waals surface area contributed by atoms with Crippen molar-refractivity contribution in [2.75, 3.05) is 26.0 Å². The van der Waals surface area contributed by atoms with Crippen LogP contribution in [0.25, 0.3) is 0 Å². The SMILES string of the molecule is CCOC(=O)CNC(C)C(CO)SC. The standard InChI is InChI=1S/C9H19NO3S/c1-4-13-9(12)5-10-7(2)8(6-11)14-3/h7-8,10-11H,4-6H2,1-3H3. The van der Waals surface area contributed by atoms with Gasteiger partial charge in [-0.1, -0.05) is 0 Å². The molecule has 0 aromatic heterocycles. The Morgan fingerprint density at radius 1 is 1.64 bits per heavy atom. The van der Waals surface area contributed by atoms with Crippen molar-refractivity contribution in [3.63, 3.8) is 0 Å². The summed E-state index contributed by atoms with van der Waals surface area (Å²) in [4.78, 5) is 11.0. The molecule has 0 fully saturated rings. The van der Waals surface area contributed by atoms with E-state index in [2.05, 4.69) is 5.32 Å². The average molecular weight is 221 g/mol. The highest BCUT2D eigenvalue weighted by molar-refractivity contribution is 7.99. The highest BCUT2D eigenvalue weighted by Crippen LogP contribution is 2.09. The van der Waals surface area contributed by atoms with E-state index in [0.717, 1.165) is 0 Å². The second-order valence-corrected chi connectivity index (χ2v) is 4.01. The van der Waals surface area contributed by atoms with E-state index in [0.29, 0.717) is 6.61 Å². The van der Waals surface area contributed by atoms with Crippen LogP contribution >= 0.6 is 11.8 Å². The molecule has 0 aliphatic carbocycles. The van der Waals surface area contributed by atoms with Gasteiger partial charge in [0.1, 0.15) is 0 Å². The molecule has 2 atom stereocenters. The number of carbonyl (C=O) groups excluding carboxylic acids is 1. The van der Waals surface area contributed by atoms with Crippen LogP contribution in [0.1, 0.15) is 13.8 Å². The summed E-state index contributed by atoms with van der Waals surface area (Å²) in [6, 6.07) is 0.0967. The van der Waals surface area contributed by atoms with Crippen LogP contribution in [0.2, 0.25) is 0 Å². The van der Waals surface area contributed by atoms with Gasteiger partial charge < -0.3 is 15.2 Å². The van der Waals surface area contributed by atoms with Crippen molar-refractivity contribution >= 4 is 17.7 Å². The van der Waals surface area contributed by atoms with Crippen molar-refractivity contribution in [3.8, 4) is 0 Å². The van der Waals surface area contributed by atoms with Crippen molar-refractivity contribution in [3.05, 3.63) is 0 Å². The number of ether oxygens (including phenoxy) is 1. The molecule has 0 radical (unpaired) electrons. The Morgan fingerprint density at radius 2 is 2.29 bits per heavy atom. The Kier molecular flexibility index (Phi) is 7.93. The monoisotopic (exact) mass is 221 g/mol. The summed E-state index contributed by atoms with van der Waals surface area (Å²) in [5.41, 5.74) is 0. The summed E-state index contributed by atoms with van der Waals surface area (Å²) < 4.78 is 4.77. The quantitative estimate of drug-likeness (QED) is 0.604. The smallest absolute Gasteiger partial charge is 0.319 e. The molecule has 0 rings (SSSR count). The third-order valence-electron chi connectivity index (χ3n) is 1.91. The lowest BCUT2D eigenvalue weighted by molar-refractivity contribution is -0.142. The zero-order chi connectivity index (χ0) is 11.0. The van der Waals surface area contributed by atoms with Crippen molar-refractivity contribution in [2.24, 2.45) is 0 Å². The molecule has 2 unspecified atom stereocenters. The van der Waals surface area contributed by atoms with E-state index in [4.69, 9.17) is 9.84 Å². The number of carbonyl (C=O) groups is 1. The maximum atomic E-state index is 11.0. The fourth-order valence-corrected chi connectivity index (χ4v) is 1.68. The fraction of sp³-hybridized carbons (Fsp3) is 0.889. The molecule has 0 spiro atoms. The van der Waals surface area contributed by atoms with Gasteiger partial charge in [0.15, 0.2) is 0 Å². The van der Waals surface area contributed by atoms with Crippen molar-refractivity contribution < 1.29 is 14.6 Å². The molecule has 0 saturated carbocycles. The second-order valence-electron chi connectivity index (χ2n) is 2.93. The molecule has 4 nitrogen and oxygen atoms in total. The molecule has 0 aromatic rings. The number of hydrogen-bond donors (Lipinski definition) is 2. The summed E-state index contributed by atoms with van der Waals surface area (Å²) in [7, 11) is 0. The van der Waals surface area contributed by atoms with Crippen LogP contribution in [0.3, 0.4) is 0 Å². The van der Waals surface area contributed by atoms with Gasteiger partial charge in [-0.05, 0) is 20.1 Å². The molecule has 0 bridgehead atoms. The molecule has 2 N–H and O–H groups in total. The molecule has 0 aliphatic rings. The van der Waals surface area contributed by atoms with Gasteiger partial charge in [0.25, 0.3) is 0 Å². The summed E-state index contributed by atoms with van der Waals surface area (Å²) in [5.74, 6) is -0.253. The summed E-state index contributed by atoms with van der Waals surface area (Å²) in [6.07, 6.45) is 1.93. The van der Waals surface area contributed by atoms with E-state index in [1.165, 1.54) is 0 Å². The Labute approximate surface area is 89.4 Å². The van der Waals surface area contributed by atoms with Crippen LogP contribution in [0, 0.1) is 0 Å². The molecule has 5 heteroatoms. The lowest BCUT2D eigenvalue weighted by Gasteiger charge is -2.20. The van der Waals surface area contributed by atoms with Crippen LogP contribution in [0.4, 0.5) is 0 Å². The molecule has 0 heterocycles. The van der Waals surface area contributed by atoms with Gasteiger partial charge in [-0.25, -0.2) is 0 Å². The first kappa shape index (κ1) is 13.7. The molecule has 14 heavy (non-hydrogen) atoms. The molecular formula is C9H19NO3S. The van der Waals surface area contributed by atoms with Gasteiger partial charge in [-0.15, -0.1) is 0 Å². The normalized spacial score (nSPS) is 14.9. The number of hydrogen-bond acceptors (Lipinski definition) is 5.